The van der Waals surface area contributed by atoms with Gasteiger partial charge >= 0.3 is 0 Å². The smallest absolute Gasteiger partial charge is 0.263 e. The fourth-order valence-corrected chi connectivity index (χ4v) is 4.35. The maximum Gasteiger partial charge on any atom is 0.263 e. The summed E-state index contributed by atoms with van der Waals surface area (Å²) in [6, 6.07) is 14.9. The molecule has 0 aliphatic carbocycles. The standard InChI is InChI=1S/C23H20N6O3S/c1-28(2)23(30)20-8-7-19(33-20)16-6-9-21-25-26-22(29(21)27-16)13-32-18-10-11-24-17-12-14(31-3)4-5-15(17)18/h4-12H,13H2,1-3H3. The molecule has 0 aliphatic rings. The van der Waals surface area contributed by atoms with Crippen LogP contribution in [0.5, 0.6) is 11.5 Å². The van der Waals surface area contributed by atoms with Crippen molar-refractivity contribution in [2.24, 2.45) is 0 Å². The van der Waals surface area contributed by atoms with Gasteiger partial charge in [0.25, 0.3) is 5.91 Å². The van der Waals surface area contributed by atoms with Crippen molar-refractivity contribution in [3.63, 3.8) is 0 Å². The van der Waals surface area contributed by atoms with Crippen molar-refractivity contribution in [3.8, 4) is 22.1 Å². The van der Waals surface area contributed by atoms with Crippen LogP contribution in [0.1, 0.15) is 15.5 Å². The summed E-state index contributed by atoms with van der Waals surface area (Å²) in [5.74, 6) is 1.94. The minimum absolute atomic E-state index is 0.0343. The Kier molecular flexibility index (Phi) is 5.35. The van der Waals surface area contributed by atoms with Crippen LogP contribution in [-0.4, -0.2) is 56.8 Å². The van der Waals surface area contributed by atoms with Crippen molar-refractivity contribution < 1.29 is 14.3 Å². The number of thiophene rings is 1. The van der Waals surface area contributed by atoms with E-state index in [-0.39, 0.29) is 12.5 Å². The predicted octanol–water partition coefficient (Wildman–Crippen LogP) is 3.69. The Hall–Kier alpha value is -4.05. The van der Waals surface area contributed by atoms with Gasteiger partial charge in [-0.05, 0) is 42.5 Å². The molecule has 0 saturated heterocycles. The monoisotopic (exact) mass is 460 g/mol. The van der Waals surface area contributed by atoms with Crippen molar-refractivity contribution in [3.05, 3.63) is 65.4 Å². The molecule has 5 aromatic rings. The number of pyridine rings is 1. The zero-order valence-electron chi connectivity index (χ0n) is 18.2. The molecule has 0 unspecified atom stereocenters. The van der Waals surface area contributed by atoms with Crippen molar-refractivity contribution in [1.29, 1.82) is 0 Å². The molecule has 1 aromatic carbocycles. The second kappa shape index (κ2) is 8.47. The van der Waals surface area contributed by atoms with Crippen LogP contribution in [0, 0.1) is 0 Å². The van der Waals surface area contributed by atoms with E-state index < -0.39 is 0 Å². The number of benzene rings is 1. The molecule has 0 spiro atoms. The lowest BCUT2D eigenvalue weighted by molar-refractivity contribution is 0.0832. The molecule has 0 fully saturated rings. The highest BCUT2D eigenvalue weighted by Gasteiger charge is 2.15. The van der Waals surface area contributed by atoms with Crippen LogP contribution in [-0.2, 0) is 6.61 Å². The van der Waals surface area contributed by atoms with Crippen LogP contribution < -0.4 is 9.47 Å². The first-order valence-electron chi connectivity index (χ1n) is 10.1. The topological polar surface area (TPSA) is 94.7 Å². The summed E-state index contributed by atoms with van der Waals surface area (Å²) < 4.78 is 13.0. The molecule has 9 nitrogen and oxygen atoms in total. The van der Waals surface area contributed by atoms with Crippen LogP contribution in [0.15, 0.2) is 54.7 Å². The van der Waals surface area contributed by atoms with Gasteiger partial charge in [-0.25, -0.2) is 0 Å². The Labute approximate surface area is 193 Å². The maximum absolute atomic E-state index is 12.2. The third-order valence-electron chi connectivity index (χ3n) is 5.07. The Morgan fingerprint density at radius 1 is 1.09 bits per heavy atom. The average molecular weight is 461 g/mol. The first-order chi connectivity index (χ1) is 16.0. The number of aromatic nitrogens is 5. The van der Waals surface area contributed by atoms with Gasteiger partial charge < -0.3 is 14.4 Å². The molecule has 4 aromatic heterocycles. The zero-order chi connectivity index (χ0) is 22.9. The van der Waals surface area contributed by atoms with Crippen molar-refractivity contribution >= 4 is 33.8 Å². The van der Waals surface area contributed by atoms with Crippen LogP contribution in [0.3, 0.4) is 0 Å². The van der Waals surface area contributed by atoms with Crippen molar-refractivity contribution in [1.82, 2.24) is 29.7 Å². The molecule has 0 atom stereocenters. The molecule has 0 radical (unpaired) electrons. The first kappa shape index (κ1) is 20.8. The number of rotatable bonds is 6. The lowest BCUT2D eigenvalue weighted by Gasteiger charge is -2.09. The molecule has 0 saturated carbocycles. The van der Waals surface area contributed by atoms with E-state index in [0.29, 0.717) is 22.1 Å². The fraction of sp³-hybridized carbons (Fsp3) is 0.174. The molecule has 4 heterocycles. The van der Waals surface area contributed by atoms with Gasteiger partial charge in [0.15, 0.2) is 11.5 Å². The number of hydrogen-bond donors (Lipinski definition) is 0. The molecule has 5 rings (SSSR count). The summed E-state index contributed by atoms with van der Waals surface area (Å²) in [7, 11) is 5.09. The average Bonchev–Trinajstić information content (AvgIpc) is 3.48. The fourth-order valence-electron chi connectivity index (χ4n) is 3.36. The van der Waals surface area contributed by atoms with Gasteiger partial charge in [-0.15, -0.1) is 21.5 Å². The second-order valence-corrected chi connectivity index (χ2v) is 8.53. The number of carbonyl (C=O) groups excluding carboxylic acids is 1. The molecular formula is C23H20N6O3S. The Morgan fingerprint density at radius 3 is 2.79 bits per heavy atom. The lowest BCUT2D eigenvalue weighted by atomic mass is 10.2. The molecule has 33 heavy (non-hydrogen) atoms. The lowest BCUT2D eigenvalue weighted by Crippen LogP contribution is -2.20. The first-order valence-corrected chi connectivity index (χ1v) is 10.9. The van der Waals surface area contributed by atoms with E-state index in [1.165, 1.54) is 11.3 Å². The number of nitrogens with zero attached hydrogens (tertiary/aromatic N) is 6. The van der Waals surface area contributed by atoms with Crippen molar-refractivity contribution in [2.45, 2.75) is 6.61 Å². The van der Waals surface area contributed by atoms with Gasteiger partial charge in [-0.3, -0.25) is 9.78 Å². The van der Waals surface area contributed by atoms with Gasteiger partial charge in [0.2, 0.25) is 0 Å². The molecule has 0 bridgehead atoms. The second-order valence-electron chi connectivity index (χ2n) is 7.45. The summed E-state index contributed by atoms with van der Waals surface area (Å²) in [6.45, 7) is 0.178. The van der Waals surface area contributed by atoms with Gasteiger partial charge in [-0.1, -0.05) is 0 Å². The minimum Gasteiger partial charge on any atom is -0.497 e. The number of carbonyl (C=O) groups is 1. The van der Waals surface area contributed by atoms with E-state index in [0.717, 1.165) is 27.2 Å². The number of amides is 1. The largest absolute Gasteiger partial charge is 0.497 e. The molecule has 1 amide bonds. The highest BCUT2D eigenvalue weighted by atomic mass is 32.1. The number of methoxy groups -OCH3 is 1. The highest BCUT2D eigenvalue weighted by molar-refractivity contribution is 7.17. The number of hydrogen-bond acceptors (Lipinski definition) is 8. The maximum atomic E-state index is 12.2. The zero-order valence-corrected chi connectivity index (χ0v) is 19.0. The van der Waals surface area contributed by atoms with E-state index in [1.807, 2.05) is 48.5 Å². The van der Waals surface area contributed by atoms with Crippen LogP contribution in [0.2, 0.25) is 0 Å². The summed E-state index contributed by atoms with van der Waals surface area (Å²) in [5.41, 5.74) is 2.12. The van der Waals surface area contributed by atoms with E-state index in [2.05, 4.69) is 20.3 Å². The van der Waals surface area contributed by atoms with Crippen molar-refractivity contribution in [2.75, 3.05) is 21.2 Å². The molecule has 0 aliphatic heterocycles. The van der Waals surface area contributed by atoms with E-state index in [9.17, 15) is 4.79 Å². The summed E-state index contributed by atoms with van der Waals surface area (Å²) in [6.07, 6.45) is 1.69. The molecular weight excluding hydrogens is 440 g/mol. The van der Waals surface area contributed by atoms with Gasteiger partial charge in [0.1, 0.15) is 23.8 Å². The van der Waals surface area contributed by atoms with Gasteiger partial charge in [0.05, 0.1) is 22.4 Å². The summed E-state index contributed by atoms with van der Waals surface area (Å²) in [5, 5.41) is 14.0. The van der Waals surface area contributed by atoms with E-state index in [1.54, 1.807) is 36.8 Å². The Morgan fingerprint density at radius 2 is 1.97 bits per heavy atom. The molecule has 166 valence electrons. The quantitative estimate of drug-likeness (QED) is 0.381. The third kappa shape index (κ3) is 3.96. The Bertz CT molecular complexity index is 1480. The van der Waals surface area contributed by atoms with Gasteiger partial charge in [-0.2, -0.15) is 9.61 Å². The normalized spacial score (nSPS) is 11.1. The number of ether oxygens (including phenoxy) is 2. The SMILES string of the molecule is COc1ccc2c(OCc3nnc4ccc(-c5ccc(C(=O)N(C)C)s5)nn34)ccnc2c1. The van der Waals surface area contributed by atoms with Crippen LogP contribution in [0.4, 0.5) is 0 Å². The predicted molar refractivity (Wildman–Crippen MR) is 125 cm³/mol. The minimum atomic E-state index is -0.0343. The molecule has 10 heteroatoms. The Balaban J connectivity index is 1.42. The summed E-state index contributed by atoms with van der Waals surface area (Å²) in [4.78, 5) is 19.7. The third-order valence-corrected chi connectivity index (χ3v) is 6.17. The van der Waals surface area contributed by atoms with E-state index in [4.69, 9.17) is 9.47 Å². The van der Waals surface area contributed by atoms with E-state index >= 15 is 0 Å². The van der Waals surface area contributed by atoms with Gasteiger partial charge in [0, 0.05) is 31.7 Å². The summed E-state index contributed by atoms with van der Waals surface area (Å²) >= 11 is 1.40. The number of fused-ring (bicyclic) bond motifs is 2. The highest BCUT2D eigenvalue weighted by Crippen LogP contribution is 2.29. The van der Waals surface area contributed by atoms with Crippen LogP contribution in [0.25, 0.3) is 27.1 Å². The molecule has 0 N–H and O–H groups in total. The van der Waals surface area contributed by atoms with Crippen LogP contribution >= 0.6 is 11.3 Å².